The van der Waals surface area contributed by atoms with Crippen LogP contribution in [0.4, 0.5) is 4.39 Å². The summed E-state index contributed by atoms with van der Waals surface area (Å²) in [5.74, 6) is 0.675. The van der Waals surface area contributed by atoms with Gasteiger partial charge in [-0.3, -0.25) is 9.67 Å². The summed E-state index contributed by atoms with van der Waals surface area (Å²) >= 11 is 0. The second kappa shape index (κ2) is 9.78. The third-order valence-electron chi connectivity index (χ3n) is 6.22. The largest absolute Gasteiger partial charge is 0.381 e. The Morgan fingerprint density at radius 2 is 2.16 bits per heavy atom. The second-order valence-electron chi connectivity index (χ2n) is 8.33. The summed E-state index contributed by atoms with van der Waals surface area (Å²) < 4.78 is 27.4. The number of morpholine rings is 1. The first-order valence-electron chi connectivity index (χ1n) is 11.1. The van der Waals surface area contributed by atoms with Gasteiger partial charge in [0.1, 0.15) is 11.9 Å². The number of nitrogens with one attached hydrogen (secondary N) is 1. The molecular formula is C23H32FN5O2. The van der Waals surface area contributed by atoms with Gasteiger partial charge in [0, 0.05) is 50.5 Å². The number of guanidine groups is 1. The first-order chi connectivity index (χ1) is 15.1. The van der Waals surface area contributed by atoms with Crippen LogP contribution in [0.2, 0.25) is 0 Å². The number of aromatic nitrogens is 2. The van der Waals surface area contributed by atoms with Gasteiger partial charge in [0.2, 0.25) is 0 Å². The van der Waals surface area contributed by atoms with E-state index in [4.69, 9.17) is 14.5 Å². The van der Waals surface area contributed by atoms with E-state index in [1.807, 2.05) is 25.5 Å². The summed E-state index contributed by atoms with van der Waals surface area (Å²) in [5.41, 5.74) is 1.87. The minimum absolute atomic E-state index is 0.0356. The molecule has 31 heavy (non-hydrogen) atoms. The molecule has 2 aromatic rings. The predicted octanol–water partition coefficient (Wildman–Crippen LogP) is 2.65. The van der Waals surface area contributed by atoms with E-state index >= 15 is 0 Å². The normalized spacial score (nSPS) is 21.8. The number of aliphatic imine (C=N–C) groups is 1. The molecule has 0 amide bonds. The third kappa shape index (κ3) is 5.07. The quantitative estimate of drug-likeness (QED) is 0.585. The van der Waals surface area contributed by atoms with Crippen molar-refractivity contribution in [1.29, 1.82) is 0 Å². The Labute approximate surface area is 183 Å². The number of ether oxygens (including phenoxy) is 2. The Morgan fingerprint density at radius 3 is 2.87 bits per heavy atom. The molecule has 168 valence electrons. The molecule has 2 aliphatic rings. The number of nitrogens with zero attached hydrogens (tertiary/aromatic N) is 4. The van der Waals surface area contributed by atoms with Crippen molar-refractivity contribution in [2.75, 3.05) is 46.0 Å². The maximum absolute atomic E-state index is 14.0. The lowest BCUT2D eigenvalue weighted by Crippen LogP contribution is -2.49. The lowest BCUT2D eigenvalue weighted by molar-refractivity contribution is -0.00816. The number of aryl methyl sites for hydroxylation is 1. The SMILES string of the molecule is CCNC(=NCC1(c2cccc(F)c2)CCOCC1)N1CCOC(c2cnn(C)c2)C1. The molecule has 0 bridgehead atoms. The summed E-state index contributed by atoms with van der Waals surface area (Å²) in [7, 11) is 1.91. The molecule has 1 aromatic heterocycles. The topological polar surface area (TPSA) is 63.9 Å². The number of hydrogen-bond donors (Lipinski definition) is 1. The van der Waals surface area contributed by atoms with Crippen molar-refractivity contribution in [3.8, 4) is 0 Å². The van der Waals surface area contributed by atoms with Crippen LogP contribution in [0.1, 0.15) is 37.0 Å². The lowest BCUT2D eigenvalue weighted by atomic mass is 9.74. The zero-order chi connectivity index (χ0) is 21.7. The number of hydrogen-bond acceptors (Lipinski definition) is 4. The van der Waals surface area contributed by atoms with Gasteiger partial charge in [-0.2, -0.15) is 5.10 Å². The molecule has 1 unspecified atom stereocenters. The first kappa shape index (κ1) is 21.8. The van der Waals surface area contributed by atoms with E-state index in [2.05, 4.69) is 22.2 Å². The van der Waals surface area contributed by atoms with Gasteiger partial charge in [-0.1, -0.05) is 12.1 Å². The highest BCUT2D eigenvalue weighted by molar-refractivity contribution is 5.80. The van der Waals surface area contributed by atoms with Gasteiger partial charge in [-0.25, -0.2) is 4.39 Å². The van der Waals surface area contributed by atoms with Crippen LogP contribution in [-0.4, -0.2) is 66.6 Å². The Bertz CT molecular complexity index is 894. The monoisotopic (exact) mass is 429 g/mol. The Hall–Kier alpha value is -2.45. The molecule has 1 atom stereocenters. The van der Waals surface area contributed by atoms with Crippen molar-refractivity contribution in [2.45, 2.75) is 31.3 Å². The van der Waals surface area contributed by atoms with E-state index in [1.54, 1.807) is 16.8 Å². The average molecular weight is 430 g/mol. The number of rotatable bonds is 5. The molecule has 7 nitrogen and oxygen atoms in total. The lowest BCUT2D eigenvalue weighted by Gasteiger charge is -2.38. The van der Waals surface area contributed by atoms with Crippen molar-refractivity contribution in [1.82, 2.24) is 20.0 Å². The highest BCUT2D eigenvalue weighted by Gasteiger charge is 2.35. The van der Waals surface area contributed by atoms with E-state index in [0.717, 1.165) is 43.0 Å². The molecule has 2 aliphatic heterocycles. The van der Waals surface area contributed by atoms with Gasteiger partial charge < -0.3 is 19.7 Å². The summed E-state index contributed by atoms with van der Waals surface area (Å²) in [5, 5.41) is 7.72. The van der Waals surface area contributed by atoms with Crippen molar-refractivity contribution in [3.05, 3.63) is 53.6 Å². The van der Waals surface area contributed by atoms with Crippen LogP contribution >= 0.6 is 0 Å². The molecule has 1 aromatic carbocycles. The van der Waals surface area contributed by atoms with Gasteiger partial charge >= 0.3 is 0 Å². The smallest absolute Gasteiger partial charge is 0.194 e. The van der Waals surface area contributed by atoms with E-state index < -0.39 is 0 Å². The molecule has 3 heterocycles. The van der Waals surface area contributed by atoms with Gasteiger partial charge in [0.15, 0.2) is 5.96 Å². The summed E-state index contributed by atoms with van der Waals surface area (Å²) in [6, 6.07) is 6.96. The Morgan fingerprint density at radius 1 is 1.32 bits per heavy atom. The van der Waals surface area contributed by atoms with Crippen molar-refractivity contribution in [3.63, 3.8) is 0 Å². The number of halogens is 1. The Kier molecular flexibility index (Phi) is 6.87. The fraction of sp³-hybridized carbons (Fsp3) is 0.565. The maximum Gasteiger partial charge on any atom is 0.194 e. The minimum atomic E-state index is -0.212. The second-order valence-corrected chi connectivity index (χ2v) is 8.33. The van der Waals surface area contributed by atoms with Crippen molar-refractivity contribution in [2.24, 2.45) is 12.0 Å². The summed E-state index contributed by atoms with van der Waals surface area (Å²) in [6.45, 7) is 6.91. The predicted molar refractivity (Wildman–Crippen MR) is 118 cm³/mol. The van der Waals surface area contributed by atoms with Crippen LogP contribution in [0, 0.1) is 5.82 Å². The molecule has 4 rings (SSSR count). The molecule has 0 radical (unpaired) electrons. The highest BCUT2D eigenvalue weighted by Crippen LogP contribution is 2.35. The molecule has 1 N–H and O–H groups in total. The van der Waals surface area contributed by atoms with E-state index in [0.29, 0.717) is 32.9 Å². The van der Waals surface area contributed by atoms with Crippen LogP contribution in [0.25, 0.3) is 0 Å². The Balaban J connectivity index is 1.55. The zero-order valence-electron chi connectivity index (χ0n) is 18.4. The van der Waals surface area contributed by atoms with Crippen molar-refractivity contribution >= 4 is 5.96 Å². The highest BCUT2D eigenvalue weighted by atomic mass is 19.1. The van der Waals surface area contributed by atoms with E-state index in [1.165, 1.54) is 6.07 Å². The average Bonchev–Trinajstić information content (AvgIpc) is 3.24. The standard InChI is InChI=1S/C23H32FN5O2/c1-3-25-22(29-9-12-31-21(16-29)18-14-27-28(2)15-18)26-17-23(7-10-30-11-8-23)19-5-4-6-20(24)13-19/h4-6,13-15,21H,3,7-12,16-17H2,1-2H3,(H,25,26). The molecule has 0 spiro atoms. The molecule has 2 fully saturated rings. The molecule has 0 saturated carbocycles. The first-order valence-corrected chi connectivity index (χ1v) is 11.1. The molecule has 0 aliphatic carbocycles. The van der Waals surface area contributed by atoms with Crippen LogP contribution in [0.15, 0.2) is 41.7 Å². The minimum Gasteiger partial charge on any atom is -0.381 e. The molecular weight excluding hydrogens is 397 g/mol. The van der Waals surface area contributed by atoms with Gasteiger partial charge in [0.25, 0.3) is 0 Å². The van der Waals surface area contributed by atoms with Crippen LogP contribution < -0.4 is 5.32 Å². The zero-order valence-corrected chi connectivity index (χ0v) is 18.4. The van der Waals surface area contributed by atoms with Gasteiger partial charge in [-0.15, -0.1) is 0 Å². The fourth-order valence-electron chi connectivity index (χ4n) is 4.42. The van der Waals surface area contributed by atoms with Crippen LogP contribution in [0.3, 0.4) is 0 Å². The van der Waals surface area contributed by atoms with Crippen LogP contribution in [-0.2, 0) is 21.9 Å². The molecule has 8 heteroatoms. The van der Waals surface area contributed by atoms with Crippen molar-refractivity contribution < 1.29 is 13.9 Å². The number of benzene rings is 1. The van der Waals surface area contributed by atoms with Gasteiger partial charge in [0.05, 0.1) is 25.9 Å². The summed E-state index contributed by atoms with van der Waals surface area (Å²) in [6.07, 6.45) is 5.49. The third-order valence-corrected chi connectivity index (χ3v) is 6.22. The fourth-order valence-corrected chi connectivity index (χ4v) is 4.42. The van der Waals surface area contributed by atoms with E-state index in [9.17, 15) is 4.39 Å². The maximum atomic E-state index is 14.0. The van der Waals surface area contributed by atoms with Gasteiger partial charge in [-0.05, 0) is 37.5 Å². The summed E-state index contributed by atoms with van der Waals surface area (Å²) in [4.78, 5) is 7.30. The van der Waals surface area contributed by atoms with E-state index in [-0.39, 0.29) is 17.3 Å². The van der Waals surface area contributed by atoms with Crippen LogP contribution in [0.5, 0.6) is 0 Å². The molecule has 2 saturated heterocycles.